The molecule has 3 nitrogen and oxygen atoms in total. The summed E-state index contributed by atoms with van der Waals surface area (Å²) in [6.07, 6.45) is 3.01. The molecule has 20 heavy (non-hydrogen) atoms. The second-order valence-electron chi connectivity index (χ2n) is 5.66. The zero-order valence-corrected chi connectivity index (χ0v) is 14.1. The molecule has 0 aliphatic heterocycles. The molecule has 0 aliphatic carbocycles. The topological polar surface area (TPSA) is 37.8 Å². The van der Waals surface area contributed by atoms with E-state index in [9.17, 15) is 0 Å². The van der Waals surface area contributed by atoms with E-state index in [4.69, 9.17) is 0 Å². The molecule has 0 saturated heterocycles. The Bertz CT molecular complexity index is 541. The molecule has 1 N–H and O–H groups in total. The van der Waals surface area contributed by atoms with Crippen LogP contribution >= 0.6 is 23.1 Å². The first-order valence-corrected chi connectivity index (χ1v) is 8.74. The molecule has 1 heterocycles. The molecule has 0 saturated carbocycles. The second-order valence-corrected chi connectivity index (χ2v) is 7.60. The number of aromatic nitrogens is 2. The highest BCUT2D eigenvalue weighted by atomic mass is 32.2. The number of rotatable bonds is 5. The summed E-state index contributed by atoms with van der Waals surface area (Å²) < 4.78 is 0. The largest absolute Gasteiger partial charge is 0.312 e. The van der Waals surface area contributed by atoms with Gasteiger partial charge in [-0.2, -0.15) is 0 Å². The molecule has 0 atom stereocenters. The summed E-state index contributed by atoms with van der Waals surface area (Å²) in [6, 6.07) is 8.48. The highest BCUT2D eigenvalue weighted by molar-refractivity contribution is 7.98. The van der Waals surface area contributed by atoms with E-state index in [0.717, 1.165) is 28.5 Å². The van der Waals surface area contributed by atoms with Crippen molar-refractivity contribution in [1.29, 1.82) is 0 Å². The molecule has 0 radical (unpaired) electrons. The van der Waals surface area contributed by atoms with Crippen molar-refractivity contribution in [3.05, 3.63) is 29.3 Å². The van der Waals surface area contributed by atoms with Gasteiger partial charge in [0.15, 0.2) is 0 Å². The molecule has 1 aromatic heterocycles. The fraction of sp³-hybridized carbons (Fsp3) is 0.467. The molecule has 1 aromatic carbocycles. The van der Waals surface area contributed by atoms with E-state index in [1.54, 1.807) is 23.1 Å². The predicted octanol–water partition coefficient (Wildman–Crippen LogP) is 3.86. The van der Waals surface area contributed by atoms with Crippen molar-refractivity contribution in [2.45, 2.75) is 37.6 Å². The molecule has 5 heteroatoms. The highest BCUT2D eigenvalue weighted by Gasteiger charge is 2.10. The Hall–Kier alpha value is -0.910. The third kappa shape index (κ3) is 4.58. The van der Waals surface area contributed by atoms with Crippen LogP contribution in [0.3, 0.4) is 0 Å². The molecule has 0 amide bonds. The normalized spacial score (nSPS) is 11.8. The first kappa shape index (κ1) is 15.5. The van der Waals surface area contributed by atoms with Gasteiger partial charge in [0.2, 0.25) is 0 Å². The summed E-state index contributed by atoms with van der Waals surface area (Å²) in [5.74, 6) is 0. The quantitative estimate of drug-likeness (QED) is 0.851. The zero-order valence-electron chi connectivity index (χ0n) is 12.4. The van der Waals surface area contributed by atoms with E-state index >= 15 is 0 Å². The summed E-state index contributed by atoms with van der Waals surface area (Å²) in [5, 5.41) is 14.1. The van der Waals surface area contributed by atoms with Crippen LogP contribution in [-0.2, 0) is 6.42 Å². The third-order valence-corrected chi connectivity index (χ3v) is 4.57. The maximum Gasteiger partial charge on any atom is 0.147 e. The van der Waals surface area contributed by atoms with Crippen molar-refractivity contribution < 1.29 is 0 Å². The molecule has 0 bridgehead atoms. The fourth-order valence-corrected chi connectivity index (χ4v) is 3.00. The first-order valence-electron chi connectivity index (χ1n) is 6.70. The summed E-state index contributed by atoms with van der Waals surface area (Å²) in [4.78, 5) is 1.27. The van der Waals surface area contributed by atoms with Gasteiger partial charge in [-0.25, -0.2) is 0 Å². The van der Waals surface area contributed by atoms with Gasteiger partial charge in [0.1, 0.15) is 10.0 Å². The lowest BCUT2D eigenvalue weighted by molar-refractivity contribution is 0.429. The minimum atomic E-state index is 0.154. The van der Waals surface area contributed by atoms with Crippen LogP contribution in [0.5, 0.6) is 0 Å². The highest BCUT2D eigenvalue weighted by Crippen LogP contribution is 2.25. The minimum Gasteiger partial charge on any atom is -0.312 e. The van der Waals surface area contributed by atoms with Crippen molar-refractivity contribution in [2.75, 3.05) is 12.8 Å². The lowest BCUT2D eigenvalue weighted by Gasteiger charge is -2.19. The van der Waals surface area contributed by atoms with Crippen molar-refractivity contribution in [1.82, 2.24) is 15.5 Å². The molecular formula is C15H21N3S2. The van der Waals surface area contributed by atoms with Crippen LogP contribution < -0.4 is 5.32 Å². The fourth-order valence-electron chi connectivity index (χ4n) is 1.75. The van der Waals surface area contributed by atoms with Crippen LogP contribution in [0, 0.1) is 0 Å². The summed E-state index contributed by atoms with van der Waals surface area (Å²) in [6.45, 7) is 7.45. The maximum absolute atomic E-state index is 4.29. The van der Waals surface area contributed by atoms with Gasteiger partial charge in [-0.3, -0.25) is 0 Å². The van der Waals surface area contributed by atoms with Gasteiger partial charge in [0.25, 0.3) is 0 Å². The monoisotopic (exact) mass is 307 g/mol. The van der Waals surface area contributed by atoms with Crippen molar-refractivity contribution >= 4 is 23.1 Å². The van der Waals surface area contributed by atoms with Gasteiger partial charge < -0.3 is 5.32 Å². The molecule has 0 fully saturated rings. The van der Waals surface area contributed by atoms with Crippen molar-refractivity contribution in [3.8, 4) is 10.6 Å². The van der Waals surface area contributed by atoms with Gasteiger partial charge >= 0.3 is 0 Å². The van der Waals surface area contributed by atoms with Gasteiger partial charge in [0.05, 0.1) is 0 Å². The average molecular weight is 307 g/mol. The Morgan fingerprint density at radius 2 is 1.85 bits per heavy atom. The molecule has 0 spiro atoms. The molecule has 108 valence electrons. The Kier molecular flexibility index (Phi) is 5.18. The van der Waals surface area contributed by atoms with E-state index in [2.05, 4.69) is 66.8 Å². The van der Waals surface area contributed by atoms with E-state index in [1.807, 2.05) is 0 Å². The van der Waals surface area contributed by atoms with Crippen LogP contribution in [0.25, 0.3) is 10.6 Å². The van der Waals surface area contributed by atoms with Gasteiger partial charge in [-0.05, 0) is 39.2 Å². The van der Waals surface area contributed by atoms with E-state index in [1.165, 1.54) is 4.90 Å². The van der Waals surface area contributed by atoms with Crippen LogP contribution in [0.15, 0.2) is 29.2 Å². The Balaban J connectivity index is 1.97. The van der Waals surface area contributed by atoms with E-state index in [-0.39, 0.29) is 5.54 Å². The number of thioether (sulfide) groups is 1. The Morgan fingerprint density at radius 3 is 2.45 bits per heavy atom. The lowest BCUT2D eigenvalue weighted by atomic mass is 10.1. The van der Waals surface area contributed by atoms with Gasteiger partial charge in [-0.1, -0.05) is 23.5 Å². The average Bonchev–Trinajstić information content (AvgIpc) is 2.86. The maximum atomic E-state index is 4.29. The first-order chi connectivity index (χ1) is 9.48. The number of nitrogens with one attached hydrogen (secondary N) is 1. The lowest BCUT2D eigenvalue weighted by Crippen LogP contribution is -2.37. The van der Waals surface area contributed by atoms with Crippen LogP contribution in [-0.4, -0.2) is 28.5 Å². The van der Waals surface area contributed by atoms with Gasteiger partial charge in [-0.15, -0.1) is 22.0 Å². The van der Waals surface area contributed by atoms with Crippen LogP contribution in [0.4, 0.5) is 0 Å². The second kappa shape index (κ2) is 6.70. The molecular weight excluding hydrogens is 286 g/mol. The van der Waals surface area contributed by atoms with Crippen LogP contribution in [0.1, 0.15) is 25.8 Å². The van der Waals surface area contributed by atoms with Crippen molar-refractivity contribution in [3.63, 3.8) is 0 Å². The van der Waals surface area contributed by atoms with Crippen LogP contribution in [0.2, 0.25) is 0 Å². The van der Waals surface area contributed by atoms with E-state index < -0.39 is 0 Å². The molecule has 0 unspecified atom stereocenters. The SMILES string of the molecule is CSc1ccc(-c2nnc(CCNC(C)(C)C)s2)cc1. The van der Waals surface area contributed by atoms with Crippen molar-refractivity contribution in [2.24, 2.45) is 0 Å². The van der Waals surface area contributed by atoms with E-state index in [0.29, 0.717) is 0 Å². The molecule has 2 aromatic rings. The minimum absolute atomic E-state index is 0.154. The van der Waals surface area contributed by atoms with Gasteiger partial charge in [0, 0.05) is 29.0 Å². The predicted molar refractivity (Wildman–Crippen MR) is 88.6 cm³/mol. The Labute approximate surface area is 129 Å². The summed E-state index contributed by atoms with van der Waals surface area (Å²) in [7, 11) is 0. The summed E-state index contributed by atoms with van der Waals surface area (Å²) >= 11 is 3.43. The number of nitrogens with zero attached hydrogens (tertiary/aromatic N) is 2. The number of hydrogen-bond acceptors (Lipinski definition) is 5. The smallest absolute Gasteiger partial charge is 0.147 e. The Morgan fingerprint density at radius 1 is 1.15 bits per heavy atom. The number of hydrogen-bond donors (Lipinski definition) is 1. The zero-order chi connectivity index (χ0) is 14.6. The number of benzene rings is 1. The summed E-state index contributed by atoms with van der Waals surface area (Å²) in [5.41, 5.74) is 1.30. The molecule has 0 aliphatic rings. The standard InChI is InChI=1S/C15H21N3S2/c1-15(2,3)16-10-9-13-17-18-14(20-13)11-5-7-12(19-4)8-6-11/h5-8,16H,9-10H2,1-4H3. The third-order valence-electron chi connectivity index (χ3n) is 2.80. The molecule has 2 rings (SSSR count).